The summed E-state index contributed by atoms with van der Waals surface area (Å²) in [4.78, 5) is 25.3. The molecule has 0 aliphatic carbocycles. The van der Waals surface area contributed by atoms with Crippen LogP contribution in [0.5, 0.6) is 0 Å². The number of hydrogen-bond donors (Lipinski definition) is 2. The van der Waals surface area contributed by atoms with Crippen LogP contribution >= 0.6 is 0 Å². The summed E-state index contributed by atoms with van der Waals surface area (Å²) < 4.78 is 0. The van der Waals surface area contributed by atoms with Gasteiger partial charge in [-0.3, -0.25) is 25.0 Å². The molecule has 8 heteroatoms. The Morgan fingerprint density at radius 3 is 2.60 bits per heavy atom. The van der Waals surface area contributed by atoms with Gasteiger partial charge in [0.15, 0.2) is 0 Å². The molecule has 0 saturated carbocycles. The number of aromatic nitrogens is 8. The van der Waals surface area contributed by atoms with E-state index in [1.54, 1.807) is 24.8 Å². The lowest BCUT2D eigenvalue weighted by Crippen LogP contribution is -1.89. The van der Waals surface area contributed by atoms with Gasteiger partial charge in [0.05, 0.1) is 34.8 Å². The van der Waals surface area contributed by atoms with Crippen LogP contribution in [0.1, 0.15) is 0 Å². The number of nitrogens with zero attached hydrogens (tertiary/aromatic N) is 6. The highest BCUT2D eigenvalue weighted by molar-refractivity contribution is 5.99. The number of fused-ring (bicyclic) bond motifs is 2. The number of hydrogen-bond acceptors (Lipinski definition) is 6. The molecule has 0 aromatic carbocycles. The zero-order valence-corrected chi connectivity index (χ0v) is 15.6. The minimum Gasteiger partial charge on any atom is -0.352 e. The maximum absolute atomic E-state index is 4.79. The molecule has 2 N–H and O–H groups in total. The molecule has 0 bridgehead atoms. The van der Waals surface area contributed by atoms with E-state index in [1.807, 2.05) is 42.9 Å². The summed E-state index contributed by atoms with van der Waals surface area (Å²) in [6.45, 7) is 0. The molecular formula is C22H14N8. The first-order valence-electron chi connectivity index (χ1n) is 9.36. The molecule has 0 radical (unpaired) electrons. The lowest BCUT2D eigenvalue weighted by Gasteiger charge is -2.01. The summed E-state index contributed by atoms with van der Waals surface area (Å²) in [6, 6.07) is 9.87. The van der Waals surface area contributed by atoms with Gasteiger partial charge in [-0.15, -0.1) is 0 Å². The van der Waals surface area contributed by atoms with Gasteiger partial charge in [0.25, 0.3) is 0 Å². The average Bonchev–Trinajstić information content (AvgIpc) is 3.43. The summed E-state index contributed by atoms with van der Waals surface area (Å²) in [5.41, 5.74) is 7.61. The SMILES string of the molecule is c1cncc(-c2cncc3[nH]c(-c4n[nH]c5ccc(-c6cnccn6)nc45)cc23)c1. The number of rotatable bonds is 3. The standard InChI is InChI=1S/C22H14N8/c1-2-13(9-23-5-1)15-10-25-11-19-14(15)8-18(27-19)22-21-17(29-30-22)4-3-16(28-21)20-12-24-6-7-26-20/h1-12,27H,(H,29,30). The Morgan fingerprint density at radius 2 is 1.73 bits per heavy atom. The van der Waals surface area contributed by atoms with Gasteiger partial charge >= 0.3 is 0 Å². The largest absolute Gasteiger partial charge is 0.352 e. The number of pyridine rings is 3. The van der Waals surface area contributed by atoms with E-state index >= 15 is 0 Å². The van der Waals surface area contributed by atoms with Crippen LogP contribution in [0.3, 0.4) is 0 Å². The van der Waals surface area contributed by atoms with Crippen LogP contribution in [0.2, 0.25) is 0 Å². The Bertz CT molecular complexity index is 1490. The van der Waals surface area contributed by atoms with E-state index in [2.05, 4.69) is 41.2 Å². The number of aromatic amines is 2. The molecule has 0 atom stereocenters. The number of nitrogens with one attached hydrogen (secondary N) is 2. The molecule has 6 rings (SSSR count). The molecule has 0 saturated heterocycles. The van der Waals surface area contributed by atoms with E-state index in [4.69, 9.17) is 4.98 Å². The van der Waals surface area contributed by atoms with Crippen molar-refractivity contribution >= 4 is 21.9 Å². The molecule has 6 aromatic rings. The third kappa shape index (κ3) is 2.62. The second-order valence-electron chi connectivity index (χ2n) is 6.83. The van der Waals surface area contributed by atoms with Gasteiger partial charge in [0.2, 0.25) is 0 Å². The highest BCUT2D eigenvalue weighted by atomic mass is 15.1. The highest BCUT2D eigenvalue weighted by Crippen LogP contribution is 2.33. The maximum atomic E-state index is 4.79. The average molecular weight is 390 g/mol. The second kappa shape index (κ2) is 6.56. The summed E-state index contributed by atoms with van der Waals surface area (Å²) in [6.07, 6.45) is 12.3. The molecule has 0 aliphatic rings. The first-order chi connectivity index (χ1) is 14.9. The summed E-state index contributed by atoms with van der Waals surface area (Å²) in [7, 11) is 0. The van der Waals surface area contributed by atoms with Crippen molar-refractivity contribution < 1.29 is 0 Å². The molecule has 0 aliphatic heterocycles. The third-order valence-electron chi connectivity index (χ3n) is 5.01. The van der Waals surface area contributed by atoms with Crippen LogP contribution in [0, 0.1) is 0 Å². The van der Waals surface area contributed by atoms with Crippen molar-refractivity contribution in [2.24, 2.45) is 0 Å². The van der Waals surface area contributed by atoms with E-state index in [0.717, 1.165) is 50.1 Å². The molecule has 6 aromatic heterocycles. The zero-order chi connectivity index (χ0) is 19.9. The summed E-state index contributed by atoms with van der Waals surface area (Å²) >= 11 is 0. The molecule has 0 unspecified atom stereocenters. The fourth-order valence-corrected chi connectivity index (χ4v) is 3.59. The van der Waals surface area contributed by atoms with Gasteiger partial charge in [0.1, 0.15) is 16.9 Å². The summed E-state index contributed by atoms with van der Waals surface area (Å²) in [5, 5.41) is 8.62. The Hall–Kier alpha value is -4.46. The third-order valence-corrected chi connectivity index (χ3v) is 5.01. The van der Waals surface area contributed by atoms with Crippen molar-refractivity contribution in [2.45, 2.75) is 0 Å². The topological polar surface area (TPSA) is 109 Å². The van der Waals surface area contributed by atoms with Crippen LogP contribution in [-0.2, 0) is 0 Å². The van der Waals surface area contributed by atoms with Gasteiger partial charge in [-0.25, -0.2) is 4.98 Å². The molecule has 0 spiro atoms. The van der Waals surface area contributed by atoms with Crippen molar-refractivity contribution in [1.82, 2.24) is 40.1 Å². The van der Waals surface area contributed by atoms with Crippen LogP contribution in [0.4, 0.5) is 0 Å². The van der Waals surface area contributed by atoms with Crippen molar-refractivity contribution in [3.63, 3.8) is 0 Å². The van der Waals surface area contributed by atoms with E-state index in [-0.39, 0.29) is 0 Å². The summed E-state index contributed by atoms with van der Waals surface area (Å²) in [5.74, 6) is 0. The molecule has 0 fully saturated rings. The molecule has 0 amide bonds. The Kier molecular flexibility index (Phi) is 3.60. The van der Waals surface area contributed by atoms with Gasteiger partial charge in [-0.05, 0) is 24.3 Å². The molecular weight excluding hydrogens is 376 g/mol. The lowest BCUT2D eigenvalue weighted by atomic mass is 10.1. The van der Waals surface area contributed by atoms with Gasteiger partial charge in [-0.1, -0.05) is 6.07 Å². The lowest BCUT2D eigenvalue weighted by molar-refractivity contribution is 1.12. The monoisotopic (exact) mass is 390 g/mol. The predicted octanol–water partition coefficient (Wildman–Crippen LogP) is 4.02. The Morgan fingerprint density at radius 1 is 0.767 bits per heavy atom. The zero-order valence-electron chi connectivity index (χ0n) is 15.6. The molecule has 142 valence electrons. The van der Waals surface area contributed by atoms with Crippen molar-refractivity contribution in [3.8, 4) is 33.9 Å². The van der Waals surface area contributed by atoms with E-state index < -0.39 is 0 Å². The fourth-order valence-electron chi connectivity index (χ4n) is 3.59. The normalized spacial score (nSPS) is 11.3. The Balaban J connectivity index is 1.52. The van der Waals surface area contributed by atoms with Crippen LogP contribution in [0.25, 0.3) is 55.8 Å². The van der Waals surface area contributed by atoms with Crippen LogP contribution < -0.4 is 0 Å². The van der Waals surface area contributed by atoms with E-state index in [1.165, 1.54) is 0 Å². The molecule has 30 heavy (non-hydrogen) atoms. The van der Waals surface area contributed by atoms with Crippen molar-refractivity contribution in [2.75, 3.05) is 0 Å². The molecule has 8 nitrogen and oxygen atoms in total. The minimum absolute atomic E-state index is 0.714. The first-order valence-corrected chi connectivity index (χ1v) is 9.36. The smallest absolute Gasteiger partial charge is 0.135 e. The van der Waals surface area contributed by atoms with Crippen LogP contribution in [-0.4, -0.2) is 40.1 Å². The van der Waals surface area contributed by atoms with Crippen molar-refractivity contribution in [1.29, 1.82) is 0 Å². The fraction of sp³-hybridized carbons (Fsp3) is 0. The molecule has 6 heterocycles. The predicted molar refractivity (Wildman–Crippen MR) is 113 cm³/mol. The van der Waals surface area contributed by atoms with Gasteiger partial charge in [0, 0.05) is 47.5 Å². The minimum atomic E-state index is 0.714. The van der Waals surface area contributed by atoms with Gasteiger partial charge in [-0.2, -0.15) is 5.10 Å². The van der Waals surface area contributed by atoms with E-state index in [9.17, 15) is 0 Å². The second-order valence-corrected chi connectivity index (χ2v) is 6.83. The van der Waals surface area contributed by atoms with Gasteiger partial charge < -0.3 is 4.98 Å². The highest BCUT2D eigenvalue weighted by Gasteiger charge is 2.16. The van der Waals surface area contributed by atoms with Crippen LogP contribution in [0.15, 0.2) is 73.7 Å². The van der Waals surface area contributed by atoms with E-state index in [0.29, 0.717) is 5.69 Å². The number of H-pyrrole nitrogens is 2. The first kappa shape index (κ1) is 16.5. The van der Waals surface area contributed by atoms with Crippen molar-refractivity contribution in [3.05, 3.63) is 73.7 Å². The maximum Gasteiger partial charge on any atom is 0.135 e. The quantitative estimate of drug-likeness (QED) is 0.472. The Labute approximate surface area is 170 Å².